The molecule has 2 nitrogen and oxygen atoms in total. The van der Waals surface area contributed by atoms with Gasteiger partial charge < -0.3 is 0 Å². The molecule has 84 valence electrons. The Morgan fingerprint density at radius 3 is 2.20 bits per heavy atom. The van der Waals surface area contributed by atoms with Crippen LogP contribution in [0.2, 0.25) is 0 Å². The number of rotatable bonds is 1. The molecule has 3 saturated carbocycles. The molecule has 0 spiro atoms. The molecule has 1 atom stereocenters. The first kappa shape index (κ1) is 9.83. The van der Waals surface area contributed by atoms with Crippen molar-refractivity contribution in [2.24, 2.45) is 11.8 Å². The highest BCUT2D eigenvalue weighted by Crippen LogP contribution is 2.41. The Kier molecular flexibility index (Phi) is 2.55. The second-order valence-corrected chi connectivity index (χ2v) is 5.56. The van der Waals surface area contributed by atoms with Crippen molar-refractivity contribution >= 4 is 5.78 Å². The lowest BCUT2D eigenvalue weighted by molar-refractivity contribution is -0.138. The van der Waals surface area contributed by atoms with Crippen LogP contribution >= 0.6 is 0 Å². The molecule has 0 radical (unpaired) electrons. The number of hydrogen-bond donors (Lipinski definition) is 0. The van der Waals surface area contributed by atoms with Gasteiger partial charge in [0, 0.05) is 5.92 Å². The normalized spacial score (nSPS) is 42.1. The van der Waals surface area contributed by atoms with Crippen molar-refractivity contribution in [3.63, 3.8) is 0 Å². The number of fused-ring (bicyclic) bond motifs is 3. The summed E-state index contributed by atoms with van der Waals surface area (Å²) in [6.07, 6.45) is 8.99. The molecule has 0 amide bonds. The highest BCUT2D eigenvalue weighted by Gasteiger charge is 2.45. The molecule has 4 aliphatic rings. The van der Waals surface area contributed by atoms with Crippen LogP contribution < -0.4 is 0 Å². The summed E-state index contributed by atoms with van der Waals surface area (Å²) >= 11 is 0. The minimum Gasteiger partial charge on any atom is -0.298 e. The van der Waals surface area contributed by atoms with E-state index in [1.807, 2.05) is 0 Å². The molecule has 1 aliphatic heterocycles. The van der Waals surface area contributed by atoms with Crippen molar-refractivity contribution in [2.45, 2.75) is 51.0 Å². The maximum absolute atomic E-state index is 12.2. The van der Waals surface area contributed by atoms with Gasteiger partial charge in [-0.15, -0.1) is 0 Å². The first-order chi connectivity index (χ1) is 7.36. The van der Waals surface area contributed by atoms with E-state index < -0.39 is 0 Å². The standard InChI is InChI=1S/C13H21NO/c15-13-11-6-4-10(5-7-11)12(13)14-8-2-1-3-9-14/h10-12H,1-9H2. The molecule has 4 rings (SSSR count). The fraction of sp³-hybridized carbons (Fsp3) is 0.923. The van der Waals surface area contributed by atoms with E-state index in [1.54, 1.807) is 0 Å². The third-order valence-corrected chi connectivity index (χ3v) is 4.70. The summed E-state index contributed by atoms with van der Waals surface area (Å²) in [7, 11) is 0. The number of carbonyl (C=O) groups excluding carboxylic acids is 1. The van der Waals surface area contributed by atoms with Gasteiger partial charge in [-0.3, -0.25) is 9.69 Å². The third kappa shape index (κ3) is 1.63. The molecule has 0 N–H and O–H groups in total. The monoisotopic (exact) mass is 207 g/mol. The highest BCUT2D eigenvalue weighted by molar-refractivity contribution is 5.88. The lowest BCUT2D eigenvalue weighted by Gasteiger charge is -2.47. The van der Waals surface area contributed by atoms with Gasteiger partial charge in [0.05, 0.1) is 6.04 Å². The van der Waals surface area contributed by atoms with Crippen LogP contribution in [-0.4, -0.2) is 29.8 Å². The van der Waals surface area contributed by atoms with Gasteiger partial charge >= 0.3 is 0 Å². The molecule has 0 aromatic rings. The summed E-state index contributed by atoms with van der Waals surface area (Å²) in [6.45, 7) is 2.36. The third-order valence-electron chi connectivity index (χ3n) is 4.70. The van der Waals surface area contributed by atoms with Gasteiger partial charge in [0.2, 0.25) is 0 Å². The predicted octanol–water partition coefficient (Wildman–Crippen LogP) is 2.23. The number of carbonyl (C=O) groups is 1. The lowest BCUT2D eigenvalue weighted by Crippen LogP contribution is -2.55. The zero-order chi connectivity index (χ0) is 10.3. The first-order valence-corrected chi connectivity index (χ1v) is 6.64. The maximum atomic E-state index is 12.2. The maximum Gasteiger partial charge on any atom is 0.153 e. The molecule has 1 unspecified atom stereocenters. The quantitative estimate of drug-likeness (QED) is 0.657. The molecule has 2 bridgehead atoms. The topological polar surface area (TPSA) is 20.3 Å². The van der Waals surface area contributed by atoms with Crippen LogP contribution in [0.15, 0.2) is 0 Å². The fourth-order valence-corrected chi connectivity index (χ4v) is 3.87. The van der Waals surface area contributed by atoms with Crippen molar-refractivity contribution in [1.82, 2.24) is 4.90 Å². The van der Waals surface area contributed by atoms with Crippen molar-refractivity contribution in [1.29, 1.82) is 0 Å². The van der Waals surface area contributed by atoms with Crippen LogP contribution in [0.5, 0.6) is 0 Å². The van der Waals surface area contributed by atoms with Crippen LogP contribution in [0.25, 0.3) is 0 Å². The largest absolute Gasteiger partial charge is 0.298 e. The van der Waals surface area contributed by atoms with Crippen molar-refractivity contribution in [2.75, 3.05) is 13.1 Å². The minimum absolute atomic E-state index is 0.331. The van der Waals surface area contributed by atoms with E-state index in [1.165, 1.54) is 58.0 Å². The summed E-state index contributed by atoms with van der Waals surface area (Å²) in [4.78, 5) is 14.7. The Labute approximate surface area is 92.0 Å². The zero-order valence-electron chi connectivity index (χ0n) is 9.45. The lowest BCUT2D eigenvalue weighted by atomic mass is 9.66. The van der Waals surface area contributed by atoms with E-state index >= 15 is 0 Å². The smallest absolute Gasteiger partial charge is 0.153 e. The molecule has 1 heterocycles. The molecular weight excluding hydrogens is 186 g/mol. The van der Waals surface area contributed by atoms with Gasteiger partial charge in [-0.05, 0) is 57.5 Å². The number of nitrogens with zero attached hydrogens (tertiary/aromatic N) is 1. The fourth-order valence-electron chi connectivity index (χ4n) is 3.87. The number of likely N-dealkylation sites (tertiary alicyclic amines) is 1. The van der Waals surface area contributed by atoms with E-state index in [0.29, 0.717) is 23.7 Å². The minimum atomic E-state index is 0.331. The van der Waals surface area contributed by atoms with Gasteiger partial charge in [0.1, 0.15) is 0 Å². The Balaban J connectivity index is 1.76. The molecule has 2 heteroatoms. The molecule has 0 aromatic heterocycles. The van der Waals surface area contributed by atoms with E-state index in [0.717, 1.165) is 0 Å². The second kappa shape index (κ2) is 3.89. The number of Topliss-reactive ketones (excluding diaryl/α,β-unsaturated/α-hetero) is 1. The Morgan fingerprint density at radius 1 is 0.933 bits per heavy atom. The van der Waals surface area contributed by atoms with Crippen LogP contribution in [-0.2, 0) is 4.79 Å². The molecule has 4 fully saturated rings. The molecule has 0 aromatic carbocycles. The predicted molar refractivity (Wildman–Crippen MR) is 59.7 cm³/mol. The molecular formula is C13H21NO. The number of hydrogen-bond acceptors (Lipinski definition) is 2. The van der Waals surface area contributed by atoms with Gasteiger partial charge in [0.15, 0.2) is 5.78 Å². The van der Waals surface area contributed by atoms with Gasteiger partial charge in [-0.2, -0.15) is 0 Å². The second-order valence-electron chi connectivity index (χ2n) is 5.56. The van der Waals surface area contributed by atoms with Gasteiger partial charge in [-0.25, -0.2) is 0 Å². The zero-order valence-corrected chi connectivity index (χ0v) is 9.45. The molecule has 15 heavy (non-hydrogen) atoms. The average Bonchev–Trinajstić information content (AvgIpc) is 2.31. The van der Waals surface area contributed by atoms with Crippen LogP contribution in [0.1, 0.15) is 44.9 Å². The van der Waals surface area contributed by atoms with E-state index in [-0.39, 0.29) is 0 Å². The Morgan fingerprint density at radius 2 is 1.60 bits per heavy atom. The van der Waals surface area contributed by atoms with Gasteiger partial charge in [0.25, 0.3) is 0 Å². The summed E-state index contributed by atoms with van der Waals surface area (Å²) in [6, 6.07) is 0.331. The van der Waals surface area contributed by atoms with Crippen LogP contribution in [0, 0.1) is 11.8 Å². The SMILES string of the molecule is O=C1C2CCC(CC2)C1N1CCCCC1. The first-order valence-electron chi connectivity index (χ1n) is 6.64. The Bertz CT molecular complexity index is 249. The number of ketones is 1. The van der Waals surface area contributed by atoms with E-state index in [9.17, 15) is 4.79 Å². The van der Waals surface area contributed by atoms with Gasteiger partial charge in [-0.1, -0.05) is 6.42 Å². The summed E-state index contributed by atoms with van der Waals surface area (Å²) in [5, 5.41) is 0. The summed E-state index contributed by atoms with van der Waals surface area (Å²) < 4.78 is 0. The average molecular weight is 207 g/mol. The van der Waals surface area contributed by atoms with E-state index in [2.05, 4.69) is 4.90 Å². The van der Waals surface area contributed by atoms with E-state index in [4.69, 9.17) is 0 Å². The summed E-state index contributed by atoms with van der Waals surface area (Å²) in [5.41, 5.74) is 0. The molecule has 1 saturated heterocycles. The van der Waals surface area contributed by atoms with Crippen molar-refractivity contribution in [3.05, 3.63) is 0 Å². The number of piperidine rings is 1. The van der Waals surface area contributed by atoms with Crippen molar-refractivity contribution < 1.29 is 4.79 Å². The highest BCUT2D eigenvalue weighted by atomic mass is 16.1. The molecule has 3 aliphatic carbocycles. The van der Waals surface area contributed by atoms with Crippen LogP contribution in [0.4, 0.5) is 0 Å². The summed E-state index contributed by atoms with van der Waals surface area (Å²) in [5.74, 6) is 1.74. The van der Waals surface area contributed by atoms with Crippen molar-refractivity contribution in [3.8, 4) is 0 Å². The van der Waals surface area contributed by atoms with Crippen LogP contribution in [0.3, 0.4) is 0 Å². The Hall–Kier alpha value is -0.370.